The Morgan fingerprint density at radius 2 is 1.62 bits per heavy atom. The minimum atomic E-state index is -0.327. The van der Waals surface area contributed by atoms with Crippen LogP contribution in [0.1, 0.15) is 47.3 Å². The number of benzene rings is 3. The van der Waals surface area contributed by atoms with Gasteiger partial charge in [-0.05, 0) is 80.3 Å². The molecule has 0 unspecified atom stereocenters. The fourth-order valence-corrected chi connectivity index (χ4v) is 5.28. The number of ether oxygens (including phenoxy) is 1. The lowest BCUT2D eigenvalue weighted by atomic mass is 10.1. The second kappa shape index (κ2) is 13.5. The summed E-state index contributed by atoms with van der Waals surface area (Å²) < 4.78 is 6.29. The van der Waals surface area contributed by atoms with E-state index in [1.807, 2.05) is 68.4 Å². The lowest BCUT2D eigenvalue weighted by Gasteiger charge is -2.36. The van der Waals surface area contributed by atoms with Crippen molar-refractivity contribution in [2.24, 2.45) is 0 Å². The number of aromatic nitrogens is 2. The molecule has 2 heterocycles. The predicted octanol–water partition coefficient (Wildman–Crippen LogP) is 6.98. The molecule has 0 atom stereocenters. The van der Waals surface area contributed by atoms with Crippen molar-refractivity contribution < 1.29 is 9.53 Å². The normalized spacial score (nSPS) is 13.6. The van der Waals surface area contributed by atoms with Gasteiger partial charge < -0.3 is 20.3 Å². The quantitative estimate of drug-likeness (QED) is 0.215. The summed E-state index contributed by atoms with van der Waals surface area (Å²) in [7, 11) is 0. The van der Waals surface area contributed by atoms with Gasteiger partial charge >= 0.3 is 0 Å². The zero-order valence-electron chi connectivity index (χ0n) is 25.0. The summed E-state index contributed by atoms with van der Waals surface area (Å²) in [5, 5.41) is 6.32. The second-order valence-corrected chi connectivity index (χ2v) is 10.7. The molecule has 1 aromatic heterocycles. The standard InChI is InChI=1S/C34H40N6O2/c1-5-18-39-19-21-40(22-20-39)28-16-14-27(15-17-28)36-34-35-23-29(32(41)37-31-24(3)10-9-11-25(31)4)33(38-34)42-30-13-8-7-12-26(30)6-2/h7-17,23H,5-6,18-22H2,1-4H3,(H,37,41)(H,35,36,38). The highest BCUT2D eigenvalue weighted by atomic mass is 16.5. The van der Waals surface area contributed by atoms with Crippen molar-refractivity contribution in [2.75, 3.05) is 48.3 Å². The molecule has 0 radical (unpaired) electrons. The molecular formula is C34H40N6O2. The minimum Gasteiger partial charge on any atom is -0.438 e. The molecular weight excluding hydrogens is 524 g/mol. The van der Waals surface area contributed by atoms with E-state index in [1.54, 1.807) is 0 Å². The Bertz CT molecular complexity index is 1490. The zero-order chi connectivity index (χ0) is 29.5. The second-order valence-electron chi connectivity index (χ2n) is 10.7. The van der Waals surface area contributed by atoms with Crippen molar-refractivity contribution in [3.05, 3.63) is 95.2 Å². The maximum atomic E-state index is 13.5. The lowest BCUT2D eigenvalue weighted by Crippen LogP contribution is -2.46. The van der Waals surface area contributed by atoms with Crippen molar-refractivity contribution in [1.82, 2.24) is 14.9 Å². The number of nitrogens with zero attached hydrogens (tertiary/aromatic N) is 4. The number of para-hydroxylation sites is 2. The molecule has 5 rings (SSSR count). The van der Waals surface area contributed by atoms with Crippen LogP contribution in [0.5, 0.6) is 11.6 Å². The molecule has 1 aliphatic rings. The number of carbonyl (C=O) groups excluding carboxylic acids is 1. The first-order valence-corrected chi connectivity index (χ1v) is 14.8. The van der Waals surface area contributed by atoms with E-state index in [2.05, 4.69) is 56.4 Å². The molecule has 218 valence electrons. The van der Waals surface area contributed by atoms with E-state index in [4.69, 9.17) is 4.74 Å². The maximum absolute atomic E-state index is 13.5. The average molecular weight is 565 g/mol. The number of rotatable bonds is 10. The molecule has 1 fully saturated rings. The summed E-state index contributed by atoms with van der Waals surface area (Å²) in [5.41, 5.74) is 6.08. The van der Waals surface area contributed by atoms with Crippen molar-refractivity contribution in [2.45, 2.75) is 40.5 Å². The van der Waals surface area contributed by atoms with Crippen LogP contribution < -0.4 is 20.3 Å². The molecule has 1 saturated heterocycles. The first-order chi connectivity index (χ1) is 20.4. The highest BCUT2D eigenvalue weighted by Crippen LogP contribution is 2.30. The minimum absolute atomic E-state index is 0.193. The van der Waals surface area contributed by atoms with Gasteiger partial charge in [-0.3, -0.25) is 9.69 Å². The van der Waals surface area contributed by atoms with Gasteiger partial charge in [0, 0.05) is 49.4 Å². The largest absolute Gasteiger partial charge is 0.438 e. The van der Waals surface area contributed by atoms with Crippen molar-refractivity contribution in [1.29, 1.82) is 0 Å². The van der Waals surface area contributed by atoms with E-state index in [0.717, 1.165) is 60.7 Å². The van der Waals surface area contributed by atoms with E-state index < -0.39 is 0 Å². The Balaban J connectivity index is 1.37. The smallest absolute Gasteiger partial charge is 0.262 e. The van der Waals surface area contributed by atoms with Gasteiger partial charge in [-0.15, -0.1) is 0 Å². The van der Waals surface area contributed by atoms with Crippen LogP contribution in [0.2, 0.25) is 0 Å². The Morgan fingerprint density at radius 1 is 0.905 bits per heavy atom. The molecule has 2 N–H and O–H groups in total. The third kappa shape index (κ3) is 6.89. The van der Waals surface area contributed by atoms with Gasteiger partial charge in [0.1, 0.15) is 11.3 Å². The molecule has 4 aromatic rings. The first-order valence-electron chi connectivity index (χ1n) is 14.8. The van der Waals surface area contributed by atoms with Gasteiger partial charge in [0.05, 0.1) is 0 Å². The van der Waals surface area contributed by atoms with Crippen LogP contribution in [-0.2, 0) is 6.42 Å². The topological polar surface area (TPSA) is 82.6 Å². The molecule has 8 nitrogen and oxygen atoms in total. The third-order valence-electron chi connectivity index (χ3n) is 7.68. The van der Waals surface area contributed by atoms with Gasteiger partial charge in [-0.2, -0.15) is 4.98 Å². The summed E-state index contributed by atoms with van der Waals surface area (Å²) in [5.74, 6) is 0.878. The van der Waals surface area contributed by atoms with Gasteiger partial charge in [-0.1, -0.05) is 50.2 Å². The summed E-state index contributed by atoms with van der Waals surface area (Å²) in [6.45, 7) is 13.6. The SMILES string of the molecule is CCCN1CCN(c2ccc(Nc3ncc(C(=O)Nc4c(C)cccc4C)c(Oc4ccccc4CC)n3)cc2)CC1. The van der Waals surface area contributed by atoms with Crippen LogP contribution in [-0.4, -0.2) is 53.5 Å². The van der Waals surface area contributed by atoms with E-state index in [9.17, 15) is 4.79 Å². The zero-order valence-corrected chi connectivity index (χ0v) is 25.0. The molecule has 42 heavy (non-hydrogen) atoms. The lowest BCUT2D eigenvalue weighted by molar-refractivity contribution is 0.102. The Labute approximate surface area is 248 Å². The molecule has 1 aliphatic heterocycles. The molecule has 3 aromatic carbocycles. The monoisotopic (exact) mass is 564 g/mol. The molecule has 8 heteroatoms. The number of carbonyl (C=O) groups is 1. The van der Waals surface area contributed by atoms with E-state index in [1.165, 1.54) is 24.8 Å². The van der Waals surface area contributed by atoms with Crippen molar-refractivity contribution >= 4 is 28.9 Å². The summed E-state index contributed by atoms with van der Waals surface area (Å²) >= 11 is 0. The number of nitrogens with one attached hydrogen (secondary N) is 2. The van der Waals surface area contributed by atoms with E-state index in [0.29, 0.717) is 11.7 Å². The number of amides is 1. The molecule has 0 bridgehead atoms. The Hall–Kier alpha value is -4.43. The van der Waals surface area contributed by atoms with Crippen LogP contribution in [0.3, 0.4) is 0 Å². The predicted molar refractivity (Wildman–Crippen MR) is 170 cm³/mol. The number of aryl methyl sites for hydroxylation is 3. The highest BCUT2D eigenvalue weighted by molar-refractivity contribution is 6.06. The van der Waals surface area contributed by atoms with Crippen LogP contribution >= 0.6 is 0 Å². The van der Waals surface area contributed by atoms with Gasteiger partial charge in [0.15, 0.2) is 0 Å². The average Bonchev–Trinajstić information content (AvgIpc) is 3.00. The number of piperazine rings is 1. The highest BCUT2D eigenvalue weighted by Gasteiger charge is 2.20. The van der Waals surface area contributed by atoms with Crippen molar-refractivity contribution in [3.8, 4) is 11.6 Å². The van der Waals surface area contributed by atoms with Crippen molar-refractivity contribution in [3.63, 3.8) is 0 Å². The number of anilines is 4. The third-order valence-corrected chi connectivity index (χ3v) is 7.68. The van der Waals surface area contributed by atoms with Gasteiger partial charge in [0.2, 0.25) is 11.8 Å². The molecule has 0 aliphatic carbocycles. The first kappa shape index (κ1) is 29.1. The fourth-order valence-electron chi connectivity index (χ4n) is 5.28. The fraction of sp³-hybridized carbons (Fsp3) is 0.324. The number of hydrogen-bond donors (Lipinski definition) is 2. The number of hydrogen-bond acceptors (Lipinski definition) is 7. The summed E-state index contributed by atoms with van der Waals surface area (Å²) in [6, 6.07) is 22.0. The van der Waals surface area contributed by atoms with E-state index >= 15 is 0 Å². The van der Waals surface area contributed by atoms with Crippen LogP contribution in [0, 0.1) is 13.8 Å². The van der Waals surface area contributed by atoms with Crippen LogP contribution in [0.15, 0.2) is 72.9 Å². The van der Waals surface area contributed by atoms with Gasteiger partial charge in [-0.25, -0.2) is 4.98 Å². The molecule has 0 spiro atoms. The molecule has 1 amide bonds. The summed E-state index contributed by atoms with van der Waals surface area (Å²) in [6.07, 6.45) is 3.50. The van der Waals surface area contributed by atoms with Crippen LogP contribution in [0.25, 0.3) is 0 Å². The van der Waals surface area contributed by atoms with Crippen LogP contribution in [0.4, 0.5) is 23.0 Å². The molecule has 0 saturated carbocycles. The van der Waals surface area contributed by atoms with E-state index in [-0.39, 0.29) is 17.4 Å². The maximum Gasteiger partial charge on any atom is 0.262 e. The van der Waals surface area contributed by atoms with Gasteiger partial charge in [0.25, 0.3) is 5.91 Å². The Morgan fingerprint density at radius 3 is 2.31 bits per heavy atom. The summed E-state index contributed by atoms with van der Waals surface area (Å²) in [4.78, 5) is 27.6. The Kier molecular flexibility index (Phi) is 9.34.